The number of carbonyl (C=O) groups excluding carboxylic acids is 2. The summed E-state index contributed by atoms with van der Waals surface area (Å²) in [7, 11) is 3.16. The molecule has 0 radical (unpaired) electrons. The zero-order chi connectivity index (χ0) is 23.7. The lowest BCUT2D eigenvalue weighted by molar-refractivity contribution is -0.136. The number of amides is 1. The fourth-order valence-corrected chi connectivity index (χ4v) is 6.21. The highest BCUT2D eigenvalue weighted by Crippen LogP contribution is 2.38. The summed E-state index contributed by atoms with van der Waals surface area (Å²) in [6.45, 7) is -0.369. The summed E-state index contributed by atoms with van der Waals surface area (Å²) in [5.74, 6) is 0.355. The highest BCUT2D eigenvalue weighted by molar-refractivity contribution is 7.14. The molecule has 0 N–H and O–H groups in total. The van der Waals surface area contributed by atoms with E-state index >= 15 is 0 Å². The average Bonchev–Trinajstić information content (AvgIpc) is 3.64. The first-order valence-corrected chi connectivity index (χ1v) is 12.7. The largest absolute Gasteiger partial charge is 0.493 e. The van der Waals surface area contributed by atoms with Gasteiger partial charge in [0.2, 0.25) is 0 Å². The Morgan fingerprint density at radius 1 is 1.12 bits per heavy atom. The molecule has 176 valence electrons. The van der Waals surface area contributed by atoms with Crippen molar-refractivity contribution in [3.05, 3.63) is 67.5 Å². The van der Waals surface area contributed by atoms with Crippen LogP contribution in [-0.4, -0.2) is 43.4 Å². The van der Waals surface area contributed by atoms with Crippen LogP contribution in [0.15, 0.2) is 46.9 Å². The van der Waals surface area contributed by atoms with Crippen molar-refractivity contribution >= 4 is 40.3 Å². The summed E-state index contributed by atoms with van der Waals surface area (Å²) in [6, 6.07) is 11.1. The minimum Gasteiger partial charge on any atom is -0.493 e. The van der Waals surface area contributed by atoms with Crippen LogP contribution in [0.2, 0.25) is 0 Å². The van der Waals surface area contributed by atoms with Crippen LogP contribution in [0.5, 0.6) is 11.5 Å². The van der Waals surface area contributed by atoms with Crippen LogP contribution in [0.4, 0.5) is 0 Å². The highest BCUT2D eigenvalue weighted by atomic mass is 32.1. The molecule has 0 fully saturated rings. The molecule has 34 heavy (non-hydrogen) atoms. The van der Waals surface area contributed by atoms with Crippen molar-refractivity contribution in [3.8, 4) is 11.5 Å². The molecule has 1 aliphatic heterocycles. The molecule has 3 aromatic rings. The Labute approximate surface area is 205 Å². The molecule has 2 aromatic heterocycles. The van der Waals surface area contributed by atoms with E-state index in [9.17, 15) is 9.59 Å². The van der Waals surface area contributed by atoms with Crippen molar-refractivity contribution in [1.82, 2.24) is 5.01 Å². The molecule has 1 aliphatic carbocycles. The van der Waals surface area contributed by atoms with E-state index in [1.165, 1.54) is 26.8 Å². The summed E-state index contributed by atoms with van der Waals surface area (Å²) in [5.41, 5.74) is 2.91. The molecule has 0 saturated heterocycles. The van der Waals surface area contributed by atoms with Gasteiger partial charge in [0, 0.05) is 11.3 Å². The van der Waals surface area contributed by atoms with E-state index in [-0.39, 0.29) is 18.6 Å². The quantitative estimate of drug-likeness (QED) is 0.437. The number of nitrogens with zero attached hydrogens (tertiary/aromatic N) is 2. The van der Waals surface area contributed by atoms with Crippen molar-refractivity contribution in [1.29, 1.82) is 0 Å². The zero-order valence-corrected chi connectivity index (χ0v) is 20.5. The molecule has 2 aliphatic rings. The van der Waals surface area contributed by atoms with Gasteiger partial charge < -0.3 is 14.2 Å². The maximum absolute atomic E-state index is 13.2. The summed E-state index contributed by atoms with van der Waals surface area (Å²) >= 11 is 3.04. The second-order valence-electron chi connectivity index (χ2n) is 8.09. The third kappa shape index (κ3) is 4.33. The third-order valence-electron chi connectivity index (χ3n) is 6.04. The summed E-state index contributed by atoms with van der Waals surface area (Å²) < 4.78 is 16.2. The molecule has 3 heterocycles. The van der Waals surface area contributed by atoms with Crippen LogP contribution in [0.25, 0.3) is 0 Å². The number of thiophene rings is 2. The molecule has 0 unspecified atom stereocenters. The number of benzene rings is 1. The van der Waals surface area contributed by atoms with E-state index in [2.05, 4.69) is 5.10 Å². The smallest absolute Gasteiger partial charge is 0.348 e. The van der Waals surface area contributed by atoms with Gasteiger partial charge in [-0.25, -0.2) is 9.80 Å². The Balaban J connectivity index is 1.35. The van der Waals surface area contributed by atoms with E-state index in [0.29, 0.717) is 22.8 Å². The van der Waals surface area contributed by atoms with Crippen LogP contribution in [0.1, 0.15) is 49.4 Å². The highest BCUT2D eigenvalue weighted by Gasteiger charge is 2.34. The monoisotopic (exact) mass is 496 g/mol. The van der Waals surface area contributed by atoms with Gasteiger partial charge in [0.25, 0.3) is 5.91 Å². The molecule has 1 aromatic carbocycles. The Hall–Kier alpha value is -3.17. The van der Waals surface area contributed by atoms with Gasteiger partial charge in [-0.05, 0) is 60.0 Å². The Bertz CT molecular complexity index is 1230. The predicted molar refractivity (Wildman–Crippen MR) is 131 cm³/mol. The van der Waals surface area contributed by atoms with Gasteiger partial charge in [-0.3, -0.25) is 4.79 Å². The number of esters is 1. The van der Waals surface area contributed by atoms with Crippen LogP contribution >= 0.6 is 22.7 Å². The predicted octanol–water partition coefficient (Wildman–Crippen LogP) is 4.85. The first kappa shape index (κ1) is 22.6. The molecule has 0 saturated carbocycles. The van der Waals surface area contributed by atoms with Crippen LogP contribution in [0, 0.1) is 0 Å². The van der Waals surface area contributed by atoms with Crippen molar-refractivity contribution in [3.63, 3.8) is 0 Å². The molecule has 1 atom stereocenters. The van der Waals surface area contributed by atoms with Gasteiger partial charge in [0.05, 0.1) is 30.9 Å². The van der Waals surface area contributed by atoms with Gasteiger partial charge in [-0.1, -0.05) is 12.1 Å². The number of carbonyl (C=O) groups is 2. The number of ether oxygens (including phenoxy) is 3. The second kappa shape index (κ2) is 9.60. The number of aryl methyl sites for hydroxylation is 2. The van der Waals surface area contributed by atoms with E-state index < -0.39 is 5.97 Å². The number of methoxy groups -OCH3 is 2. The second-order valence-corrected chi connectivity index (χ2v) is 10.2. The summed E-state index contributed by atoms with van der Waals surface area (Å²) in [6.07, 6.45) is 3.69. The van der Waals surface area contributed by atoms with Gasteiger partial charge in [-0.15, -0.1) is 22.7 Å². The lowest BCUT2D eigenvalue weighted by Crippen LogP contribution is -2.31. The van der Waals surface area contributed by atoms with Crippen LogP contribution < -0.4 is 9.47 Å². The van der Waals surface area contributed by atoms with Gasteiger partial charge in [0.15, 0.2) is 18.1 Å². The molecular formula is C25H24N2O5S2. The third-order valence-corrected chi connectivity index (χ3v) is 8.17. The maximum Gasteiger partial charge on any atom is 0.348 e. The van der Waals surface area contributed by atoms with E-state index in [1.807, 2.05) is 41.8 Å². The maximum atomic E-state index is 13.2. The minimum atomic E-state index is -0.461. The molecular weight excluding hydrogens is 472 g/mol. The minimum absolute atomic E-state index is 0.339. The topological polar surface area (TPSA) is 77.4 Å². The van der Waals surface area contributed by atoms with Gasteiger partial charge >= 0.3 is 5.97 Å². The summed E-state index contributed by atoms with van der Waals surface area (Å²) in [4.78, 5) is 28.6. The van der Waals surface area contributed by atoms with Crippen LogP contribution in [-0.2, 0) is 22.4 Å². The average molecular weight is 497 g/mol. The van der Waals surface area contributed by atoms with E-state index in [0.717, 1.165) is 35.4 Å². The van der Waals surface area contributed by atoms with Gasteiger partial charge in [-0.2, -0.15) is 5.10 Å². The standard InChI is InChI=1S/C25H24N2O5S2/c1-30-19-9-8-15(11-20(19)31-2)18-13-17(22-7-4-10-33-22)26-27(18)24(28)14-32-25(29)23-12-16-5-3-6-21(16)34-23/h4,7-12,18H,3,5-6,13-14H2,1-2H3/t18-/m0/s1. The van der Waals surface area contributed by atoms with Crippen molar-refractivity contribution in [2.75, 3.05) is 20.8 Å². The lowest BCUT2D eigenvalue weighted by atomic mass is 10.0. The van der Waals surface area contributed by atoms with E-state index in [4.69, 9.17) is 14.2 Å². The first-order valence-electron chi connectivity index (χ1n) is 11.0. The summed E-state index contributed by atoms with van der Waals surface area (Å²) in [5, 5.41) is 8.04. The van der Waals surface area contributed by atoms with Crippen molar-refractivity contribution in [2.24, 2.45) is 5.10 Å². The number of fused-ring (bicyclic) bond motifs is 1. The molecule has 0 bridgehead atoms. The normalized spacial score (nSPS) is 16.8. The molecule has 9 heteroatoms. The van der Waals surface area contributed by atoms with Crippen molar-refractivity contribution < 1.29 is 23.8 Å². The fraction of sp³-hybridized carbons (Fsp3) is 0.320. The van der Waals surface area contributed by atoms with Crippen molar-refractivity contribution in [2.45, 2.75) is 31.7 Å². The zero-order valence-electron chi connectivity index (χ0n) is 18.9. The number of hydrogen-bond donors (Lipinski definition) is 0. The molecule has 7 nitrogen and oxygen atoms in total. The number of hydrazone groups is 1. The van der Waals surface area contributed by atoms with Gasteiger partial charge in [0.1, 0.15) is 4.88 Å². The van der Waals surface area contributed by atoms with E-state index in [1.54, 1.807) is 25.6 Å². The Morgan fingerprint density at radius 2 is 1.97 bits per heavy atom. The lowest BCUT2D eigenvalue weighted by Gasteiger charge is -2.22. The molecule has 1 amide bonds. The van der Waals surface area contributed by atoms with Crippen LogP contribution in [0.3, 0.4) is 0 Å². The Morgan fingerprint density at radius 3 is 2.71 bits per heavy atom. The number of hydrogen-bond acceptors (Lipinski definition) is 8. The number of rotatable bonds is 7. The molecule has 0 spiro atoms. The Kier molecular flexibility index (Phi) is 6.38. The molecule has 5 rings (SSSR count). The SMILES string of the molecule is COc1ccc([C@@H]2CC(c3cccs3)=NN2C(=O)COC(=O)c2cc3c(s2)CCC3)cc1OC. The fourth-order valence-electron chi connectivity index (χ4n) is 4.35. The first-order chi connectivity index (χ1) is 16.6.